The number of aliphatic hydroxyl groups excluding tert-OH is 1. The van der Waals surface area contributed by atoms with Crippen LogP contribution in [0, 0.1) is 0 Å². The summed E-state index contributed by atoms with van der Waals surface area (Å²) < 4.78 is 10.5. The highest BCUT2D eigenvalue weighted by Crippen LogP contribution is 2.16. The molecule has 27 heavy (non-hydrogen) atoms. The molecule has 7 heteroatoms. The van der Waals surface area contributed by atoms with E-state index in [9.17, 15) is 19.5 Å². The van der Waals surface area contributed by atoms with Gasteiger partial charge in [-0.25, -0.2) is 4.79 Å². The van der Waals surface area contributed by atoms with Gasteiger partial charge in [-0.15, -0.1) is 0 Å². The van der Waals surface area contributed by atoms with E-state index in [4.69, 9.17) is 14.6 Å². The van der Waals surface area contributed by atoms with E-state index in [1.165, 1.54) is 12.2 Å². The second kappa shape index (κ2) is 13.3. The summed E-state index contributed by atoms with van der Waals surface area (Å²) in [5.41, 5.74) is 0. The Morgan fingerprint density at radius 2 is 1.67 bits per heavy atom. The van der Waals surface area contributed by atoms with Crippen LogP contribution >= 0.6 is 0 Å². The van der Waals surface area contributed by atoms with Crippen molar-refractivity contribution >= 4 is 17.9 Å². The standard InChI is InChI=1S/C20H32O7/c1-15-9-7-5-3-2-4-6-8-10-16(21)17(11-13-19(24)26-15)27-20(25)14-12-18(22)23/h11,13,15-17,21H,2-10,12,14H2,1H3,(H,22,23)/b13-11+/t15-,16+,17-/m1/s1. The zero-order chi connectivity index (χ0) is 20.1. The third-order valence-corrected chi connectivity index (χ3v) is 4.54. The van der Waals surface area contributed by atoms with Crippen LogP contribution < -0.4 is 0 Å². The van der Waals surface area contributed by atoms with Crippen molar-refractivity contribution in [1.82, 2.24) is 0 Å². The Kier molecular flexibility index (Phi) is 11.4. The molecule has 0 aromatic heterocycles. The summed E-state index contributed by atoms with van der Waals surface area (Å²) >= 11 is 0. The van der Waals surface area contributed by atoms with Gasteiger partial charge in [0.25, 0.3) is 0 Å². The highest BCUT2D eigenvalue weighted by atomic mass is 16.6. The van der Waals surface area contributed by atoms with Gasteiger partial charge in [-0.1, -0.05) is 38.5 Å². The largest absolute Gasteiger partial charge is 0.481 e. The fourth-order valence-corrected chi connectivity index (χ4v) is 2.97. The van der Waals surface area contributed by atoms with Gasteiger partial charge in [0.1, 0.15) is 6.10 Å². The molecule has 2 N–H and O–H groups in total. The maximum Gasteiger partial charge on any atom is 0.330 e. The van der Waals surface area contributed by atoms with E-state index in [0.717, 1.165) is 51.4 Å². The van der Waals surface area contributed by atoms with Crippen LogP contribution in [0.25, 0.3) is 0 Å². The summed E-state index contributed by atoms with van der Waals surface area (Å²) in [6.45, 7) is 1.84. The van der Waals surface area contributed by atoms with Crippen LogP contribution in [0.3, 0.4) is 0 Å². The molecule has 7 nitrogen and oxygen atoms in total. The summed E-state index contributed by atoms with van der Waals surface area (Å²) in [5.74, 6) is -2.37. The van der Waals surface area contributed by atoms with Crippen LogP contribution in [0.15, 0.2) is 12.2 Å². The second-order valence-electron chi connectivity index (χ2n) is 7.07. The lowest BCUT2D eigenvalue weighted by atomic mass is 10.0. The molecule has 0 aromatic rings. The molecular formula is C20H32O7. The number of aliphatic hydroxyl groups is 1. The zero-order valence-electron chi connectivity index (χ0n) is 16.1. The van der Waals surface area contributed by atoms with Gasteiger partial charge in [0.2, 0.25) is 0 Å². The predicted molar refractivity (Wildman–Crippen MR) is 99.0 cm³/mol. The van der Waals surface area contributed by atoms with Crippen LogP contribution in [-0.4, -0.2) is 46.4 Å². The van der Waals surface area contributed by atoms with E-state index in [-0.39, 0.29) is 18.9 Å². The van der Waals surface area contributed by atoms with Crippen LogP contribution in [0.1, 0.15) is 77.6 Å². The maximum atomic E-state index is 11.9. The summed E-state index contributed by atoms with van der Waals surface area (Å²) in [4.78, 5) is 34.3. The fraction of sp³-hybridized carbons (Fsp3) is 0.750. The lowest BCUT2D eigenvalue weighted by Gasteiger charge is -2.20. The van der Waals surface area contributed by atoms with Gasteiger partial charge in [-0.3, -0.25) is 9.59 Å². The van der Waals surface area contributed by atoms with Gasteiger partial charge in [-0.2, -0.15) is 0 Å². The number of ether oxygens (including phenoxy) is 2. The molecule has 1 rings (SSSR count). The number of esters is 2. The molecule has 0 saturated heterocycles. The van der Waals surface area contributed by atoms with Crippen molar-refractivity contribution in [1.29, 1.82) is 0 Å². The third-order valence-electron chi connectivity index (χ3n) is 4.54. The molecule has 0 fully saturated rings. The predicted octanol–water partition coefficient (Wildman–Crippen LogP) is 3.14. The number of carboxylic acid groups (broad SMARTS) is 1. The van der Waals surface area contributed by atoms with E-state index in [1.54, 1.807) is 0 Å². The van der Waals surface area contributed by atoms with E-state index < -0.39 is 30.1 Å². The highest BCUT2D eigenvalue weighted by molar-refractivity contribution is 5.82. The number of hydrogen-bond acceptors (Lipinski definition) is 6. The Hall–Kier alpha value is -1.89. The molecule has 1 heterocycles. The van der Waals surface area contributed by atoms with Crippen molar-refractivity contribution in [3.63, 3.8) is 0 Å². The van der Waals surface area contributed by atoms with E-state index in [2.05, 4.69) is 0 Å². The fourth-order valence-electron chi connectivity index (χ4n) is 2.97. The second-order valence-corrected chi connectivity index (χ2v) is 7.07. The SMILES string of the molecule is C[C@@H]1CCCCCCCCC[C@H](O)[C@H](OC(=O)CCC(=O)O)/C=C/C(=O)O1. The van der Waals surface area contributed by atoms with E-state index >= 15 is 0 Å². The number of carbonyl (C=O) groups is 3. The molecule has 154 valence electrons. The van der Waals surface area contributed by atoms with Crippen molar-refractivity contribution in [2.75, 3.05) is 0 Å². The van der Waals surface area contributed by atoms with Gasteiger partial charge in [0, 0.05) is 6.08 Å². The van der Waals surface area contributed by atoms with Gasteiger partial charge in [0.15, 0.2) is 0 Å². The molecule has 0 unspecified atom stereocenters. The number of aliphatic carboxylic acids is 1. The van der Waals surface area contributed by atoms with Crippen molar-refractivity contribution in [2.24, 2.45) is 0 Å². The molecular weight excluding hydrogens is 352 g/mol. The lowest BCUT2D eigenvalue weighted by molar-refractivity contribution is -0.154. The first kappa shape index (κ1) is 23.1. The van der Waals surface area contributed by atoms with Crippen LogP contribution in [0.4, 0.5) is 0 Å². The molecule has 0 radical (unpaired) electrons. The molecule has 0 saturated carbocycles. The number of rotatable bonds is 4. The first-order chi connectivity index (χ1) is 12.9. The number of carbonyl (C=O) groups excluding carboxylic acids is 2. The van der Waals surface area contributed by atoms with Gasteiger partial charge >= 0.3 is 17.9 Å². The Bertz CT molecular complexity index is 501. The van der Waals surface area contributed by atoms with Crippen LogP contribution in [0.5, 0.6) is 0 Å². The summed E-state index contributed by atoms with van der Waals surface area (Å²) in [7, 11) is 0. The molecule has 1 aliphatic heterocycles. The van der Waals surface area contributed by atoms with Crippen molar-refractivity contribution in [2.45, 2.75) is 95.9 Å². The number of cyclic esters (lactones) is 1. The first-order valence-corrected chi connectivity index (χ1v) is 9.86. The highest BCUT2D eigenvalue weighted by Gasteiger charge is 2.22. The Morgan fingerprint density at radius 1 is 1.07 bits per heavy atom. The monoisotopic (exact) mass is 384 g/mol. The third kappa shape index (κ3) is 11.4. The van der Waals surface area contributed by atoms with Crippen LogP contribution in [0.2, 0.25) is 0 Å². The molecule has 3 atom stereocenters. The minimum Gasteiger partial charge on any atom is -0.481 e. The average Bonchev–Trinajstić information content (AvgIpc) is 2.60. The molecule has 1 aliphatic rings. The first-order valence-electron chi connectivity index (χ1n) is 9.86. The van der Waals surface area contributed by atoms with E-state index in [0.29, 0.717) is 6.42 Å². The molecule has 0 aromatic carbocycles. The molecule has 0 bridgehead atoms. The van der Waals surface area contributed by atoms with Crippen molar-refractivity contribution in [3.8, 4) is 0 Å². The molecule has 0 aliphatic carbocycles. The van der Waals surface area contributed by atoms with E-state index in [1.807, 2.05) is 6.92 Å². The van der Waals surface area contributed by atoms with Crippen molar-refractivity contribution < 1.29 is 34.1 Å². The quantitative estimate of drug-likeness (QED) is 0.716. The zero-order valence-corrected chi connectivity index (χ0v) is 16.1. The van der Waals surface area contributed by atoms with Crippen LogP contribution in [-0.2, 0) is 23.9 Å². The summed E-state index contributed by atoms with van der Waals surface area (Å²) in [6, 6.07) is 0. The maximum absolute atomic E-state index is 11.9. The summed E-state index contributed by atoms with van der Waals surface area (Å²) in [6.07, 6.45) is 8.24. The lowest BCUT2D eigenvalue weighted by Crippen LogP contribution is -2.30. The Balaban J connectivity index is 2.72. The Labute approximate surface area is 160 Å². The van der Waals surface area contributed by atoms with Gasteiger partial charge in [-0.05, 0) is 32.3 Å². The van der Waals surface area contributed by atoms with Crippen molar-refractivity contribution in [3.05, 3.63) is 12.2 Å². The average molecular weight is 384 g/mol. The van der Waals surface area contributed by atoms with Gasteiger partial charge in [0.05, 0.1) is 25.0 Å². The molecule has 0 spiro atoms. The van der Waals surface area contributed by atoms with Gasteiger partial charge < -0.3 is 19.7 Å². The summed E-state index contributed by atoms with van der Waals surface area (Å²) in [5, 5.41) is 19.0. The molecule has 0 amide bonds. The number of hydrogen-bond donors (Lipinski definition) is 2. The Morgan fingerprint density at radius 3 is 2.30 bits per heavy atom. The topological polar surface area (TPSA) is 110 Å². The minimum absolute atomic E-state index is 0.198. The number of carboxylic acids is 1. The minimum atomic E-state index is -1.10. The smallest absolute Gasteiger partial charge is 0.330 e. The normalized spacial score (nSPS) is 27.3.